The molecule has 17 heteroatoms. The number of carbonyl (C=O) groups excluding carboxylic acids is 6. The maximum absolute atomic E-state index is 13.8. The number of imidazole rings is 1. The number of hydrogen-bond donors (Lipinski definition) is 9. The van der Waals surface area contributed by atoms with E-state index in [-0.39, 0.29) is 37.7 Å². The highest BCUT2D eigenvalue weighted by molar-refractivity contribution is 5.96. The van der Waals surface area contributed by atoms with Crippen LogP contribution in [0.1, 0.15) is 64.1 Å². The molecule has 268 valence electrons. The zero-order valence-corrected chi connectivity index (χ0v) is 28.2. The molecule has 1 heterocycles. The summed E-state index contributed by atoms with van der Waals surface area (Å²) in [5.41, 5.74) is 17.5. The van der Waals surface area contributed by atoms with Crippen LogP contribution in [0.3, 0.4) is 0 Å². The van der Waals surface area contributed by atoms with E-state index in [0.717, 1.165) is 6.42 Å². The predicted octanol–water partition coefficient (Wildman–Crippen LogP) is -1.61. The van der Waals surface area contributed by atoms with E-state index in [2.05, 4.69) is 41.5 Å². The number of H-pyrrole nitrogens is 1. The number of primary amides is 1. The number of carbonyl (C=O) groups is 6. The summed E-state index contributed by atoms with van der Waals surface area (Å²) in [6.07, 6.45) is 5.28. The molecule has 0 saturated heterocycles. The van der Waals surface area contributed by atoms with E-state index in [4.69, 9.17) is 17.2 Å². The van der Waals surface area contributed by atoms with Crippen LogP contribution >= 0.6 is 0 Å². The van der Waals surface area contributed by atoms with Crippen molar-refractivity contribution in [1.29, 1.82) is 0 Å². The first-order valence-electron chi connectivity index (χ1n) is 16.1. The standard InChI is InChI=1S/C32H49N11O6/c1-4-5-12-24(40-20(3)44)29(47)39-19(2)28(46)42-26(16-22-17-36-18-38-22)31(49)43-25(15-21-10-7-6-8-11-21)30(48)41-23(27(33)45)13-9-14-37-32(34)35/h6-8,10-11,17-19,23-26H,4-5,9,12-16H2,1-3H3,(H2,33,45)(H,36,38)(H,39,47)(H,40,44)(H,41,48)(H,42,46)(H,43,49)(H4,34,35,37)/t19-,23-,24-,25+,26-/m0/s1. The number of hydrogen-bond acceptors (Lipinski definition) is 8. The Bertz CT molecular complexity index is 1410. The maximum atomic E-state index is 13.8. The molecule has 0 fully saturated rings. The molecule has 0 unspecified atom stereocenters. The van der Waals surface area contributed by atoms with E-state index in [0.29, 0.717) is 30.5 Å². The zero-order valence-electron chi connectivity index (χ0n) is 28.2. The molecule has 0 saturated carbocycles. The van der Waals surface area contributed by atoms with Crippen LogP contribution < -0.4 is 43.8 Å². The minimum Gasteiger partial charge on any atom is -0.370 e. The van der Waals surface area contributed by atoms with E-state index in [9.17, 15) is 28.8 Å². The Hall–Kier alpha value is -5.48. The lowest BCUT2D eigenvalue weighted by Gasteiger charge is -2.26. The SMILES string of the molecule is CCCC[C@H](NC(C)=O)C(=O)N[C@@H](C)C(=O)N[C@@H](Cc1cnc[nH]1)C(=O)N[C@H](Cc1ccccc1)C(=O)N[C@@H](CCCN=C(N)N)C(N)=O. The number of aliphatic imine (C=N–C) groups is 1. The molecule has 0 bridgehead atoms. The number of unbranched alkanes of at least 4 members (excludes halogenated alkanes) is 1. The number of benzene rings is 1. The summed E-state index contributed by atoms with van der Waals surface area (Å²) < 4.78 is 0. The molecule has 17 nitrogen and oxygen atoms in total. The molecule has 0 aliphatic heterocycles. The van der Waals surface area contributed by atoms with Crippen molar-refractivity contribution in [3.63, 3.8) is 0 Å². The van der Waals surface area contributed by atoms with Gasteiger partial charge in [0.1, 0.15) is 30.2 Å². The number of amides is 6. The van der Waals surface area contributed by atoms with Gasteiger partial charge >= 0.3 is 0 Å². The Morgan fingerprint density at radius 1 is 0.776 bits per heavy atom. The number of nitrogens with one attached hydrogen (secondary N) is 6. The first-order valence-corrected chi connectivity index (χ1v) is 16.1. The normalized spacial score (nSPS) is 13.8. The van der Waals surface area contributed by atoms with Crippen LogP contribution in [0.5, 0.6) is 0 Å². The molecule has 0 aliphatic rings. The highest BCUT2D eigenvalue weighted by atomic mass is 16.2. The number of aromatic amines is 1. The molecular formula is C32H49N11O6. The van der Waals surface area contributed by atoms with Gasteiger partial charge in [-0.25, -0.2) is 4.98 Å². The number of aromatic nitrogens is 2. The summed E-state index contributed by atoms with van der Waals surface area (Å²) in [7, 11) is 0. The molecule has 2 aromatic rings. The summed E-state index contributed by atoms with van der Waals surface area (Å²) in [5, 5.41) is 13.2. The fraction of sp³-hybridized carbons (Fsp3) is 0.500. The number of guanidine groups is 1. The van der Waals surface area contributed by atoms with Gasteiger partial charge in [0.2, 0.25) is 35.4 Å². The van der Waals surface area contributed by atoms with Gasteiger partial charge in [0.15, 0.2) is 5.96 Å². The third-order valence-electron chi connectivity index (χ3n) is 7.43. The fourth-order valence-corrected chi connectivity index (χ4v) is 4.82. The highest BCUT2D eigenvalue weighted by Crippen LogP contribution is 2.08. The third kappa shape index (κ3) is 14.9. The summed E-state index contributed by atoms with van der Waals surface area (Å²) >= 11 is 0. The van der Waals surface area contributed by atoms with Gasteiger partial charge in [-0.15, -0.1) is 0 Å². The quantitative estimate of drug-likeness (QED) is 0.0415. The van der Waals surface area contributed by atoms with E-state index in [1.54, 1.807) is 30.3 Å². The van der Waals surface area contributed by atoms with Crippen molar-refractivity contribution in [2.75, 3.05) is 6.54 Å². The van der Waals surface area contributed by atoms with Crippen LogP contribution in [-0.4, -0.2) is 88.1 Å². The van der Waals surface area contributed by atoms with Crippen LogP contribution in [0.15, 0.2) is 47.8 Å². The highest BCUT2D eigenvalue weighted by Gasteiger charge is 2.31. The first kappa shape index (κ1) is 39.7. The molecule has 0 aliphatic carbocycles. The van der Waals surface area contributed by atoms with Gasteiger partial charge < -0.3 is 48.8 Å². The summed E-state index contributed by atoms with van der Waals surface area (Å²) in [4.78, 5) is 88.1. The van der Waals surface area contributed by atoms with Gasteiger partial charge in [-0.05, 0) is 31.7 Å². The van der Waals surface area contributed by atoms with Crippen molar-refractivity contribution in [1.82, 2.24) is 36.6 Å². The Labute approximate surface area is 285 Å². The van der Waals surface area contributed by atoms with Gasteiger partial charge in [-0.3, -0.25) is 33.8 Å². The molecule has 2 rings (SSSR count). The van der Waals surface area contributed by atoms with Crippen molar-refractivity contribution in [2.45, 2.75) is 95.9 Å². The average Bonchev–Trinajstić information content (AvgIpc) is 3.56. The van der Waals surface area contributed by atoms with Gasteiger partial charge in [0.25, 0.3) is 0 Å². The Morgan fingerprint density at radius 3 is 1.94 bits per heavy atom. The van der Waals surface area contributed by atoms with Crippen LogP contribution in [0.4, 0.5) is 0 Å². The number of rotatable bonds is 21. The zero-order chi connectivity index (χ0) is 36.3. The van der Waals surface area contributed by atoms with E-state index >= 15 is 0 Å². The largest absolute Gasteiger partial charge is 0.370 e. The van der Waals surface area contributed by atoms with Crippen LogP contribution in [0.2, 0.25) is 0 Å². The minimum atomic E-state index is -1.21. The second-order valence-electron chi connectivity index (χ2n) is 11.6. The van der Waals surface area contributed by atoms with E-state index < -0.39 is 59.7 Å². The van der Waals surface area contributed by atoms with Crippen molar-refractivity contribution >= 4 is 41.4 Å². The summed E-state index contributed by atoms with van der Waals surface area (Å²) in [5.74, 6) is -3.87. The molecule has 0 radical (unpaired) electrons. The molecule has 49 heavy (non-hydrogen) atoms. The van der Waals surface area contributed by atoms with Crippen molar-refractivity contribution in [2.24, 2.45) is 22.2 Å². The van der Waals surface area contributed by atoms with Crippen LogP contribution in [0.25, 0.3) is 0 Å². The molecule has 6 amide bonds. The molecular weight excluding hydrogens is 634 g/mol. The Balaban J connectivity index is 2.25. The maximum Gasteiger partial charge on any atom is 0.243 e. The average molecular weight is 684 g/mol. The molecule has 0 spiro atoms. The third-order valence-corrected chi connectivity index (χ3v) is 7.43. The first-order chi connectivity index (χ1) is 23.3. The van der Waals surface area contributed by atoms with Crippen molar-refractivity contribution < 1.29 is 28.8 Å². The molecule has 12 N–H and O–H groups in total. The van der Waals surface area contributed by atoms with E-state index in [1.807, 2.05) is 6.92 Å². The van der Waals surface area contributed by atoms with Gasteiger partial charge in [0, 0.05) is 38.2 Å². The molecule has 1 aromatic heterocycles. The predicted molar refractivity (Wildman–Crippen MR) is 182 cm³/mol. The smallest absolute Gasteiger partial charge is 0.243 e. The topological polar surface area (TPSA) is 282 Å². The minimum absolute atomic E-state index is 0.0301. The lowest BCUT2D eigenvalue weighted by Crippen LogP contribution is -2.59. The van der Waals surface area contributed by atoms with Crippen molar-refractivity contribution in [3.05, 3.63) is 54.1 Å². The van der Waals surface area contributed by atoms with Crippen molar-refractivity contribution in [3.8, 4) is 0 Å². The van der Waals surface area contributed by atoms with Crippen LogP contribution in [-0.2, 0) is 41.6 Å². The molecule has 5 atom stereocenters. The summed E-state index contributed by atoms with van der Waals surface area (Å²) in [6.45, 7) is 4.92. The monoisotopic (exact) mass is 683 g/mol. The lowest BCUT2D eigenvalue weighted by atomic mass is 10.0. The second-order valence-corrected chi connectivity index (χ2v) is 11.6. The van der Waals surface area contributed by atoms with Gasteiger partial charge in [0.05, 0.1) is 6.33 Å². The second kappa shape index (κ2) is 20.7. The Morgan fingerprint density at radius 2 is 1.37 bits per heavy atom. The fourth-order valence-electron chi connectivity index (χ4n) is 4.82. The molecule has 1 aromatic carbocycles. The lowest BCUT2D eigenvalue weighted by molar-refractivity contribution is -0.134. The van der Waals surface area contributed by atoms with Gasteiger partial charge in [-0.1, -0.05) is 50.1 Å². The van der Waals surface area contributed by atoms with E-state index in [1.165, 1.54) is 26.4 Å². The van der Waals surface area contributed by atoms with Gasteiger partial charge in [-0.2, -0.15) is 0 Å². The number of nitrogens with zero attached hydrogens (tertiary/aromatic N) is 2. The number of nitrogens with two attached hydrogens (primary N) is 3. The summed E-state index contributed by atoms with van der Waals surface area (Å²) in [6, 6.07) is 3.53. The Kier molecular flexibility index (Phi) is 16.8. The van der Waals surface area contributed by atoms with Crippen LogP contribution in [0, 0.1) is 0 Å².